The van der Waals surface area contributed by atoms with Gasteiger partial charge in [0.2, 0.25) is 0 Å². The Morgan fingerprint density at radius 1 is 1.55 bits per heavy atom. The molecule has 0 aromatic carbocycles. The maximum atomic E-state index is 5.45. The number of ether oxygens (including phenoxy) is 1. The lowest BCUT2D eigenvalue weighted by Gasteiger charge is -2.09. The average Bonchev–Trinajstić information content (AvgIpc) is 2.31. The number of hydrogen-bond donors (Lipinski definition) is 2. The molecule has 2 rings (SSSR count). The quantitative estimate of drug-likeness (QED) is 0.553. The SMILES string of the molecule is SC1=C2CC(S)OC2=CCC1. The van der Waals surface area contributed by atoms with Gasteiger partial charge in [0.1, 0.15) is 11.2 Å². The first-order valence-electron chi connectivity index (χ1n) is 3.73. The summed E-state index contributed by atoms with van der Waals surface area (Å²) < 4.78 is 5.45. The van der Waals surface area contributed by atoms with Crippen LogP contribution in [0.4, 0.5) is 0 Å². The van der Waals surface area contributed by atoms with E-state index in [4.69, 9.17) is 4.74 Å². The van der Waals surface area contributed by atoms with Gasteiger partial charge in [-0.25, -0.2) is 0 Å². The summed E-state index contributed by atoms with van der Waals surface area (Å²) in [5.74, 6) is 1.02. The van der Waals surface area contributed by atoms with Gasteiger partial charge in [-0.1, -0.05) is 0 Å². The van der Waals surface area contributed by atoms with Gasteiger partial charge in [-0.3, -0.25) is 0 Å². The minimum atomic E-state index is 0.0523. The van der Waals surface area contributed by atoms with Crippen molar-refractivity contribution in [2.24, 2.45) is 0 Å². The second-order valence-electron chi connectivity index (χ2n) is 2.81. The van der Waals surface area contributed by atoms with Gasteiger partial charge in [0.25, 0.3) is 0 Å². The molecule has 3 heteroatoms. The van der Waals surface area contributed by atoms with Crippen LogP contribution in [0.5, 0.6) is 0 Å². The zero-order valence-corrected chi connectivity index (χ0v) is 7.87. The van der Waals surface area contributed by atoms with Crippen molar-refractivity contribution in [3.8, 4) is 0 Å². The van der Waals surface area contributed by atoms with Gasteiger partial charge >= 0.3 is 0 Å². The van der Waals surface area contributed by atoms with Crippen molar-refractivity contribution in [1.82, 2.24) is 0 Å². The van der Waals surface area contributed by atoms with Crippen molar-refractivity contribution >= 4 is 25.3 Å². The molecule has 0 aromatic rings. The van der Waals surface area contributed by atoms with Crippen molar-refractivity contribution in [3.05, 3.63) is 22.3 Å². The maximum absolute atomic E-state index is 5.45. The monoisotopic (exact) mass is 186 g/mol. The van der Waals surface area contributed by atoms with E-state index in [2.05, 4.69) is 31.3 Å². The molecule has 0 spiro atoms. The molecule has 0 amide bonds. The predicted molar refractivity (Wildman–Crippen MR) is 51.8 cm³/mol. The summed E-state index contributed by atoms with van der Waals surface area (Å²) in [6.07, 6.45) is 5.16. The van der Waals surface area contributed by atoms with E-state index in [1.54, 1.807) is 0 Å². The lowest BCUT2D eigenvalue weighted by molar-refractivity contribution is 0.236. The number of fused-ring (bicyclic) bond motifs is 1. The molecule has 1 heterocycles. The van der Waals surface area contributed by atoms with E-state index in [9.17, 15) is 0 Å². The van der Waals surface area contributed by atoms with E-state index < -0.39 is 0 Å². The third-order valence-corrected chi connectivity index (χ3v) is 2.78. The fraction of sp³-hybridized carbons (Fsp3) is 0.500. The molecular weight excluding hydrogens is 176 g/mol. The molecule has 1 saturated heterocycles. The third kappa shape index (κ3) is 1.32. The molecule has 0 N–H and O–H groups in total. The van der Waals surface area contributed by atoms with Crippen LogP contribution in [0.15, 0.2) is 22.3 Å². The molecule has 1 unspecified atom stereocenters. The van der Waals surface area contributed by atoms with E-state index in [1.165, 1.54) is 10.5 Å². The molecule has 11 heavy (non-hydrogen) atoms. The average molecular weight is 186 g/mol. The molecule has 1 aliphatic carbocycles. The summed E-state index contributed by atoms with van der Waals surface area (Å²) in [5, 5.41) is 0. The van der Waals surface area contributed by atoms with Gasteiger partial charge in [-0.05, 0) is 23.8 Å². The molecule has 0 radical (unpaired) electrons. The molecule has 1 nitrogen and oxygen atoms in total. The van der Waals surface area contributed by atoms with Gasteiger partial charge in [0.15, 0.2) is 0 Å². The van der Waals surface area contributed by atoms with Crippen molar-refractivity contribution in [3.63, 3.8) is 0 Å². The van der Waals surface area contributed by atoms with Crippen LogP contribution >= 0.6 is 25.3 Å². The fourth-order valence-electron chi connectivity index (χ4n) is 1.46. The van der Waals surface area contributed by atoms with Crippen molar-refractivity contribution in [2.75, 3.05) is 0 Å². The first kappa shape index (κ1) is 7.62. The minimum Gasteiger partial charge on any atom is -0.480 e. The Balaban J connectivity index is 2.34. The van der Waals surface area contributed by atoms with Gasteiger partial charge in [-0.15, -0.1) is 25.3 Å². The first-order valence-corrected chi connectivity index (χ1v) is 4.70. The Morgan fingerprint density at radius 2 is 2.36 bits per heavy atom. The zero-order chi connectivity index (χ0) is 7.84. The molecule has 1 aliphatic heterocycles. The highest BCUT2D eigenvalue weighted by molar-refractivity contribution is 7.84. The van der Waals surface area contributed by atoms with Gasteiger partial charge < -0.3 is 4.74 Å². The largest absolute Gasteiger partial charge is 0.480 e. The number of rotatable bonds is 0. The van der Waals surface area contributed by atoms with Crippen molar-refractivity contribution < 1.29 is 4.74 Å². The molecule has 2 aliphatic rings. The molecule has 0 bridgehead atoms. The van der Waals surface area contributed by atoms with Crippen LogP contribution in [-0.4, -0.2) is 5.44 Å². The molecule has 1 fully saturated rings. The number of allylic oxidation sites excluding steroid dienone is 3. The van der Waals surface area contributed by atoms with Gasteiger partial charge in [-0.2, -0.15) is 0 Å². The Hall–Kier alpha value is -0.0200. The Kier molecular flexibility index (Phi) is 1.93. The van der Waals surface area contributed by atoms with E-state index >= 15 is 0 Å². The Labute approximate surface area is 77.3 Å². The second-order valence-corrected chi connectivity index (χ2v) is 3.92. The number of hydrogen-bond acceptors (Lipinski definition) is 3. The molecule has 0 saturated carbocycles. The zero-order valence-electron chi connectivity index (χ0n) is 6.08. The summed E-state index contributed by atoms with van der Waals surface area (Å²) >= 11 is 8.66. The fourth-order valence-corrected chi connectivity index (χ4v) is 2.08. The summed E-state index contributed by atoms with van der Waals surface area (Å²) in [6.45, 7) is 0. The van der Waals surface area contributed by atoms with E-state index in [0.29, 0.717) is 0 Å². The molecule has 1 atom stereocenters. The van der Waals surface area contributed by atoms with Crippen molar-refractivity contribution in [2.45, 2.75) is 24.7 Å². The van der Waals surface area contributed by atoms with E-state index in [1.807, 2.05) is 0 Å². The summed E-state index contributed by atoms with van der Waals surface area (Å²) in [5.41, 5.74) is 1.32. The highest BCUT2D eigenvalue weighted by atomic mass is 32.1. The standard InChI is InChI=1S/C8H10OS2/c10-7-3-1-2-6-5(7)4-8(11)9-6/h2,8,10-11H,1,3-4H2. The second kappa shape index (κ2) is 2.79. The van der Waals surface area contributed by atoms with Crippen LogP contribution in [0.1, 0.15) is 19.3 Å². The maximum Gasteiger partial charge on any atom is 0.145 e. The highest BCUT2D eigenvalue weighted by Crippen LogP contribution is 2.38. The van der Waals surface area contributed by atoms with E-state index in [-0.39, 0.29) is 5.44 Å². The van der Waals surface area contributed by atoms with E-state index in [0.717, 1.165) is 25.0 Å². The molecule has 0 aromatic heterocycles. The molecular formula is C8H10OS2. The highest BCUT2D eigenvalue weighted by Gasteiger charge is 2.26. The summed E-state index contributed by atoms with van der Waals surface area (Å²) in [7, 11) is 0. The van der Waals surface area contributed by atoms with Crippen LogP contribution < -0.4 is 0 Å². The van der Waals surface area contributed by atoms with Crippen LogP contribution in [0, 0.1) is 0 Å². The van der Waals surface area contributed by atoms with Crippen LogP contribution in [0.25, 0.3) is 0 Å². The van der Waals surface area contributed by atoms with Crippen LogP contribution in [0.2, 0.25) is 0 Å². The first-order chi connectivity index (χ1) is 5.27. The molecule has 60 valence electrons. The lowest BCUT2D eigenvalue weighted by Crippen LogP contribution is -1.92. The smallest absolute Gasteiger partial charge is 0.145 e. The summed E-state index contributed by atoms with van der Waals surface area (Å²) in [6, 6.07) is 0. The van der Waals surface area contributed by atoms with Crippen LogP contribution in [-0.2, 0) is 4.74 Å². The Morgan fingerprint density at radius 3 is 3.09 bits per heavy atom. The Bertz CT molecular complexity index is 242. The predicted octanol–water partition coefficient (Wildman–Crippen LogP) is 2.52. The van der Waals surface area contributed by atoms with Crippen LogP contribution in [0.3, 0.4) is 0 Å². The van der Waals surface area contributed by atoms with Crippen molar-refractivity contribution in [1.29, 1.82) is 0 Å². The number of thiol groups is 2. The normalized spacial score (nSPS) is 29.6. The summed E-state index contributed by atoms with van der Waals surface area (Å²) in [4.78, 5) is 1.18. The third-order valence-electron chi connectivity index (χ3n) is 2.00. The topological polar surface area (TPSA) is 9.23 Å². The lowest BCUT2D eigenvalue weighted by atomic mass is 10.0. The minimum absolute atomic E-state index is 0.0523. The van der Waals surface area contributed by atoms with Gasteiger partial charge in [0.05, 0.1) is 0 Å². The van der Waals surface area contributed by atoms with Gasteiger partial charge in [0, 0.05) is 12.0 Å².